The van der Waals surface area contributed by atoms with Gasteiger partial charge in [-0.3, -0.25) is 10.1 Å². The van der Waals surface area contributed by atoms with E-state index in [2.05, 4.69) is 0 Å². The molecule has 0 heterocycles. The minimum atomic E-state index is -4.97. The van der Waals surface area contributed by atoms with Crippen molar-refractivity contribution in [1.82, 2.24) is 0 Å². The molecule has 1 aromatic rings. The predicted molar refractivity (Wildman–Crippen MR) is 56.1 cm³/mol. The van der Waals surface area contributed by atoms with Gasteiger partial charge in [-0.05, 0) is 6.07 Å². The highest BCUT2D eigenvalue weighted by Crippen LogP contribution is 2.39. The van der Waals surface area contributed by atoms with E-state index >= 15 is 0 Å². The molecule has 0 radical (unpaired) electrons. The summed E-state index contributed by atoms with van der Waals surface area (Å²) < 4.78 is 59.3. The van der Waals surface area contributed by atoms with Gasteiger partial charge in [0.1, 0.15) is 9.92 Å². The predicted octanol–water partition coefficient (Wildman–Crippen LogP) is 3.19. The summed E-state index contributed by atoms with van der Waals surface area (Å²) >= 11 is 5.34. The van der Waals surface area contributed by atoms with Crippen LogP contribution >= 0.6 is 22.3 Å². The van der Waals surface area contributed by atoms with Crippen LogP contribution in [0.5, 0.6) is 0 Å². The van der Waals surface area contributed by atoms with E-state index in [1.165, 1.54) is 0 Å². The van der Waals surface area contributed by atoms with E-state index < -0.39 is 41.3 Å². The molecule has 0 fully saturated rings. The van der Waals surface area contributed by atoms with Crippen LogP contribution in [0.4, 0.5) is 18.9 Å². The summed E-state index contributed by atoms with van der Waals surface area (Å²) in [6.07, 6.45) is -4.97. The van der Waals surface area contributed by atoms with Gasteiger partial charge in [0.05, 0.1) is 10.5 Å². The van der Waals surface area contributed by atoms with Crippen molar-refractivity contribution in [3.63, 3.8) is 0 Å². The van der Waals surface area contributed by atoms with Crippen LogP contribution in [0.2, 0.25) is 5.02 Å². The van der Waals surface area contributed by atoms with Gasteiger partial charge in [-0.25, -0.2) is 8.42 Å². The number of nitro benzene ring substituents is 1. The summed E-state index contributed by atoms with van der Waals surface area (Å²) in [7, 11) is 0.224. The van der Waals surface area contributed by atoms with Gasteiger partial charge >= 0.3 is 6.18 Å². The second-order valence-corrected chi connectivity index (χ2v) is 5.91. The molecule has 5 nitrogen and oxygen atoms in total. The van der Waals surface area contributed by atoms with Crippen molar-refractivity contribution in [3.05, 3.63) is 32.8 Å². The number of alkyl halides is 3. The third-order valence-corrected chi connectivity index (χ3v) is 3.66. The molecule has 0 spiro atoms. The molecule has 0 saturated carbocycles. The highest BCUT2D eigenvalue weighted by molar-refractivity contribution is 8.13. The normalized spacial score (nSPS) is 12.5. The molecule has 0 aliphatic carbocycles. The van der Waals surface area contributed by atoms with Gasteiger partial charge in [0.15, 0.2) is 0 Å². The minimum Gasteiger partial charge on any atom is -0.258 e. The lowest BCUT2D eigenvalue weighted by Gasteiger charge is -2.09. The summed E-state index contributed by atoms with van der Waals surface area (Å²) in [5, 5.41) is 9.53. The van der Waals surface area contributed by atoms with Crippen LogP contribution in [0.25, 0.3) is 0 Å². The smallest absolute Gasteiger partial charge is 0.258 e. The number of halogens is 5. The first-order valence-corrected chi connectivity index (χ1v) is 6.63. The van der Waals surface area contributed by atoms with Crippen molar-refractivity contribution < 1.29 is 26.5 Å². The van der Waals surface area contributed by atoms with Crippen molar-refractivity contribution >= 4 is 37.0 Å². The fourth-order valence-corrected chi connectivity index (χ4v) is 2.61. The van der Waals surface area contributed by atoms with Gasteiger partial charge < -0.3 is 0 Å². The summed E-state index contributed by atoms with van der Waals surface area (Å²) in [6.45, 7) is 0. The fraction of sp³-hybridized carbons (Fsp3) is 0.143. The largest absolute Gasteiger partial charge is 0.416 e. The van der Waals surface area contributed by atoms with Gasteiger partial charge in [0.2, 0.25) is 0 Å². The van der Waals surface area contributed by atoms with Crippen molar-refractivity contribution in [3.8, 4) is 0 Å². The van der Waals surface area contributed by atoms with Crippen LogP contribution in [0.15, 0.2) is 17.0 Å². The maximum absolute atomic E-state index is 12.4. The Labute approximate surface area is 108 Å². The number of hydrogen-bond donors (Lipinski definition) is 0. The van der Waals surface area contributed by atoms with Gasteiger partial charge in [-0.1, -0.05) is 11.6 Å². The molecule has 0 atom stereocenters. The van der Waals surface area contributed by atoms with Crippen molar-refractivity contribution in [2.24, 2.45) is 0 Å². The molecular weight excluding hydrogens is 322 g/mol. The molecule has 1 aromatic carbocycles. The molecule has 18 heavy (non-hydrogen) atoms. The van der Waals surface area contributed by atoms with Gasteiger partial charge in [0, 0.05) is 16.7 Å². The van der Waals surface area contributed by atoms with Gasteiger partial charge in [-0.2, -0.15) is 13.2 Å². The Morgan fingerprint density at radius 2 is 1.78 bits per heavy atom. The van der Waals surface area contributed by atoms with Gasteiger partial charge in [0.25, 0.3) is 14.7 Å². The average Bonchev–Trinajstić information content (AvgIpc) is 2.13. The molecule has 0 aromatic heterocycles. The van der Waals surface area contributed by atoms with Crippen LogP contribution in [0, 0.1) is 10.1 Å². The molecular formula is C7H2Cl2F3NO4S. The summed E-state index contributed by atoms with van der Waals surface area (Å²) in [4.78, 5) is 8.10. The topological polar surface area (TPSA) is 77.3 Å². The molecule has 1 rings (SSSR count). The van der Waals surface area contributed by atoms with Crippen molar-refractivity contribution in [1.29, 1.82) is 0 Å². The van der Waals surface area contributed by atoms with E-state index in [4.69, 9.17) is 22.3 Å². The van der Waals surface area contributed by atoms with E-state index in [1.807, 2.05) is 0 Å². The van der Waals surface area contributed by atoms with Crippen LogP contribution in [-0.4, -0.2) is 13.3 Å². The zero-order valence-electron chi connectivity index (χ0n) is 8.03. The summed E-state index contributed by atoms with van der Waals surface area (Å²) in [6, 6.07) is 0.269. The van der Waals surface area contributed by atoms with E-state index in [1.54, 1.807) is 0 Å². The highest BCUT2D eigenvalue weighted by Gasteiger charge is 2.36. The second-order valence-electron chi connectivity index (χ2n) is 3.00. The number of nitrogens with zero attached hydrogens (tertiary/aromatic N) is 1. The Morgan fingerprint density at radius 1 is 1.28 bits per heavy atom. The minimum absolute atomic E-state index is 0.133. The monoisotopic (exact) mass is 323 g/mol. The second kappa shape index (κ2) is 4.56. The zero-order chi connectivity index (χ0) is 14.3. The molecule has 0 aliphatic heterocycles. The molecule has 0 N–H and O–H groups in total. The SMILES string of the molecule is O=[N+]([O-])c1cc(C(F)(F)F)cc(S(=O)(=O)Cl)c1Cl. The highest BCUT2D eigenvalue weighted by atomic mass is 35.7. The summed E-state index contributed by atoms with van der Waals surface area (Å²) in [5.74, 6) is 0. The van der Waals surface area contributed by atoms with E-state index in [9.17, 15) is 31.7 Å². The average molecular weight is 324 g/mol. The van der Waals surface area contributed by atoms with Crippen LogP contribution in [0.1, 0.15) is 5.56 Å². The zero-order valence-corrected chi connectivity index (χ0v) is 10.4. The molecule has 0 bridgehead atoms. The first-order valence-electron chi connectivity index (χ1n) is 3.94. The number of nitro groups is 1. The Hall–Kier alpha value is -1.06. The lowest BCUT2D eigenvalue weighted by molar-refractivity contribution is -0.385. The molecule has 0 amide bonds. The Kier molecular flexibility index (Phi) is 3.80. The van der Waals surface area contributed by atoms with E-state index in [0.29, 0.717) is 0 Å². The molecule has 100 valence electrons. The maximum atomic E-state index is 12.4. The van der Waals surface area contributed by atoms with Crippen molar-refractivity contribution in [2.45, 2.75) is 11.1 Å². The van der Waals surface area contributed by atoms with Crippen molar-refractivity contribution in [2.75, 3.05) is 0 Å². The molecule has 0 unspecified atom stereocenters. The Bertz CT molecular complexity index is 614. The Balaban J connectivity index is 3.74. The molecule has 11 heteroatoms. The number of hydrogen-bond acceptors (Lipinski definition) is 4. The Morgan fingerprint density at radius 3 is 2.11 bits per heavy atom. The molecule has 0 saturated heterocycles. The number of benzene rings is 1. The maximum Gasteiger partial charge on any atom is 0.416 e. The fourth-order valence-electron chi connectivity index (χ4n) is 1.06. The summed E-state index contributed by atoms with van der Waals surface area (Å²) in [5.41, 5.74) is -2.72. The quantitative estimate of drug-likeness (QED) is 0.475. The van der Waals surface area contributed by atoms with Crippen LogP contribution in [-0.2, 0) is 15.2 Å². The van der Waals surface area contributed by atoms with Gasteiger partial charge in [-0.15, -0.1) is 0 Å². The lowest BCUT2D eigenvalue weighted by Crippen LogP contribution is -2.08. The first kappa shape index (κ1) is 15.0. The van der Waals surface area contributed by atoms with E-state index in [-0.39, 0.29) is 12.1 Å². The molecule has 0 aliphatic rings. The first-order chi connectivity index (χ1) is 7.94. The lowest BCUT2D eigenvalue weighted by atomic mass is 10.2. The standard InChI is InChI=1S/C7H2Cl2F3NO4S/c8-6-4(13(14)15)1-3(7(10,11)12)2-5(6)18(9,16)17/h1-2H. The third kappa shape index (κ3) is 3.03. The third-order valence-electron chi connectivity index (χ3n) is 1.81. The van der Waals surface area contributed by atoms with Crippen LogP contribution < -0.4 is 0 Å². The number of rotatable bonds is 2. The van der Waals surface area contributed by atoms with E-state index in [0.717, 1.165) is 0 Å². The van der Waals surface area contributed by atoms with Crippen LogP contribution in [0.3, 0.4) is 0 Å².